The summed E-state index contributed by atoms with van der Waals surface area (Å²) in [7, 11) is 0. The maximum absolute atomic E-state index is 12.5. The molecule has 0 aliphatic rings. The third kappa shape index (κ3) is 2.99. The predicted octanol–water partition coefficient (Wildman–Crippen LogP) is 3.77. The van der Waals surface area contributed by atoms with Gasteiger partial charge < -0.3 is 5.73 Å². The SMILES string of the molecule is Cc1ccc(C(N)c2ccc(C(F)(F)F)cc2)c(C)n1. The van der Waals surface area contributed by atoms with Crippen molar-refractivity contribution in [2.24, 2.45) is 5.73 Å². The molecule has 0 amide bonds. The van der Waals surface area contributed by atoms with Crippen molar-refractivity contribution in [1.29, 1.82) is 0 Å². The third-order valence-corrected chi connectivity index (χ3v) is 3.20. The summed E-state index contributed by atoms with van der Waals surface area (Å²) in [6.45, 7) is 3.71. The van der Waals surface area contributed by atoms with Gasteiger partial charge in [0.2, 0.25) is 0 Å². The maximum Gasteiger partial charge on any atom is 0.416 e. The topological polar surface area (TPSA) is 38.9 Å². The van der Waals surface area contributed by atoms with Gasteiger partial charge in [0, 0.05) is 11.4 Å². The molecule has 5 heteroatoms. The van der Waals surface area contributed by atoms with Crippen LogP contribution in [0.4, 0.5) is 13.2 Å². The molecule has 0 aliphatic carbocycles. The molecular weight excluding hydrogens is 265 g/mol. The van der Waals surface area contributed by atoms with Gasteiger partial charge in [-0.25, -0.2) is 0 Å². The highest BCUT2D eigenvalue weighted by Gasteiger charge is 2.30. The first kappa shape index (κ1) is 14.5. The maximum atomic E-state index is 12.5. The van der Waals surface area contributed by atoms with Crippen molar-refractivity contribution in [3.8, 4) is 0 Å². The number of benzene rings is 1. The Morgan fingerprint density at radius 2 is 1.60 bits per heavy atom. The van der Waals surface area contributed by atoms with E-state index in [2.05, 4.69) is 4.98 Å². The van der Waals surface area contributed by atoms with Crippen molar-refractivity contribution < 1.29 is 13.2 Å². The lowest BCUT2D eigenvalue weighted by molar-refractivity contribution is -0.137. The van der Waals surface area contributed by atoms with Crippen LogP contribution >= 0.6 is 0 Å². The number of halogens is 3. The van der Waals surface area contributed by atoms with Crippen molar-refractivity contribution >= 4 is 0 Å². The fourth-order valence-corrected chi connectivity index (χ4v) is 2.09. The second-order valence-electron chi connectivity index (χ2n) is 4.72. The Labute approximate surface area is 115 Å². The summed E-state index contributed by atoms with van der Waals surface area (Å²) in [5.74, 6) is 0. The minimum Gasteiger partial charge on any atom is -0.320 e. The molecule has 1 aromatic carbocycles. The summed E-state index contributed by atoms with van der Waals surface area (Å²) in [4.78, 5) is 4.32. The van der Waals surface area contributed by atoms with Gasteiger partial charge in [0.25, 0.3) is 0 Å². The van der Waals surface area contributed by atoms with E-state index in [1.807, 2.05) is 26.0 Å². The minimum atomic E-state index is -4.33. The number of aromatic nitrogens is 1. The highest BCUT2D eigenvalue weighted by molar-refractivity contribution is 5.36. The zero-order valence-electron chi connectivity index (χ0n) is 11.2. The first-order valence-electron chi connectivity index (χ1n) is 6.16. The summed E-state index contributed by atoms with van der Waals surface area (Å²) in [5, 5.41) is 0. The molecule has 1 atom stereocenters. The van der Waals surface area contributed by atoms with Crippen molar-refractivity contribution in [2.45, 2.75) is 26.1 Å². The van der Waals surface area contributed by atoms with E-state index in [9.17, 15) is 13.2 Å². The molecule has 2 aromatic rings. The summed E-state index contributed by atoms with van der Waals surface area (Å²) in [6.07, 6.45) is -4.33. The Morgan fingerprint density at radius 3 is 2.10 bits per heavy atom. The lowest BCUT2D eigenvalue weighted by atomic mass is 9.97. The van der Waals surface area contributed by atoms with Crippen molar-refractivity contribution in [2.75, 3.05) is 0 Å². The van der Waals surface area contributed by atoms with Crippen LogP contribution in [0.15, 0.2) is 36.4 Å². The van der Waals surface area contributed by atoms with Gasteiger partial charge in [0.05, 0.1) is 11.6 Å². The zero-order valence-corrected chi connectivity index (χ0v) is 11.2. The van der Waals surface area contributed by atoms with E-state index in [0.717, 1.165) is 29.1 Å². The van der Waals surface area contributed by atoms with Crippen LogP contribution in [0.2, 0.25) is 0 Å². The van der Waals surface area contributed by atoms with Crippen LogP contribution in [0, 0.1) is 13.8 Å². The number of aryl methyl sites for hydroxylation is 2. The van der Waals surface area contributed by atoms with E-state index in [1.54, 1.807) is 0 Å². The van der Waals surface area contributed by atoms with Crippen LogP contribution in [0.5, 0.6) is 0 Å². The summed E-state index contributed by atoms with van der Waals surface area (Å²) in [5.41, 5.74) is 8.55. The molecule has 106 valence electrons. The normalized spacial score (nSPS) is 13.3. The number of rotatable bonds is 2. The molecule has 0 fully saturated rings. The number of hydrogen-bond donors (Lipinski definition) is 1. The number of hydrogen-bond acceptors (Lipinski definition) is 2. The Morgan fingerprint density at radius 1 is 1.00 bits per heavy atom. The number of nitrogens with zero attached hydrogens (tertiary/aromatic N) is 1. The second kappa shape index (κ2) is 5.25. The van der Waals surface area contributed by atoms with Crippen LogP contribution in [0.25, 0.3) is 0 Å². The summed E-state index contributed by atoms with van der Waals surface area (Å²) >= 11 is 0. The average Bonchev–Trinajstić information content (AvgIpc) is 2.37. The van der Waals surface area contributed by atoms with Crippen molar-refractivity contribution in [3.05, 3.63) is 64.5 Å². The average molecular weight is 280 g/mol. The summed E-state index contributed by atoms with van der Waals surface area (Å²) in [6, 6.07) is 8.13. The molecule has 0 radical (unpaired) electrons. The van der Waals surface area contributed by atoms with Gasteiger partial charge in [0.15, 0.2) is 0 Å². The Kier molecular flexibility index (Phi) is 3.81. The third-order valence-electron chi connectivity index (χ3n) is 3.20. The van der Waals surface area contributed by atoms with Crippen LogP contribution in [-0.4, -0.2) is 4.98 Å². The van der Waals surface area contributed by atoms with Gasteiger partial charge in [-0.3, -0.25) is 4.98 Å². The van der Waals surface area contributed by atoms with Crippen LogP contribution in [0.3, 0.4) is 0 Å². The fourth-order valence-electron chi connectivity index (χ4n) is 2.09. The molecule has 0 spiro atoms. The van der Waals surface area contributed by atoms with Gasteiger partial charge in [-0.15, -0.1) is 0 Å². The smallest absolute Gasteiger partial charge is 0.320 e. The molecule has 2 N–H and O–H groups in total. The molecule has 2 nitrogen and oxygen atoms in total. The molecule has 1 unspecified atom stereocenters. The van der Waals surface area contributed by atoms with Gasteiger partial charge in [-0.05, 0) is 43.2 Å². The molecule has 0 bridgehead atoms. The molecule has 1 aromatic heterocycles. The van der Waals surface area contributed by atoms with Gasteiger partial charge in [-0.1, -0.05) is 18.2 Å². The summed E-state index contributed by atoms with van der Waals surface area (Å²) < 4.78 is 37.5. The highest BCUT2D eigenvalue weighted by Crippen LogP contribution is 2.30. The Hall–Kier alpha value is -1.88. The highest BCUT2D eigenvalue weighted by atomic mass is 19.4. The van der Waals surface area contributed by atoms with Gasteiger partial charge >= 0.3 is 6.18 Å². The van der Waals surface area contributed by atoms with Crippen LogP contribution in [0.1, 0.15) is 34.1 Å². The first-order valence-corrected chi connectivity index (χ1v) is 6.16. The lowest BCUT2D eigenvalue weighted by Crippen LogP contribution is -2.14. The molecule has 0 saturated carbocycles. The van der Waals surface area contributed by atoms with E-state index in [4.69, 9.17) is 5.73 Å². The molecule has 0 saturated heterocycles. The molecule has 1 heterocycles. The quantitative estimate of drug-likeness (QED) is 0.909. The number of nitrogens with two attached hydrogens (primary N) is 1. The Balaban J connectivity index is 2.31. The largest absolute Gasteiger partial charge is 0.416 e. The minimum absolute atomic E-state index is 0.481. The second-order valence-corrected chi connectivity index (χ2v) is 4.72. The zero-order chi connectivity index (χ0) is 14.9. The first-order chi connectivity index (χ1) is 9.29. The predicted molar refractivity (Wildman–Crippen MR) is 71.2 cm³/mol. The van der Waals surface area contributed by atoms with Crippen molar-refractivity contribution in [1.82, 2.24) is 4.98 Å². The van der Waals surface area contributed by atoms with E-state index in [-0.39, 0.29) is 0 Å². The number of pyridine rings is 1. The fraction of sp³-hybridized carbons (Fsp3) is 0.267. The van der Waals surface area contributed by atoms with Gasteiger partial charge in [0.1, 0.15) is 0 Å². The monoisotopic (exact) mass is 280 g/mol. The van der Waals surface area contributed by atoms with E-state index >= 15 is 0 Å². The van der Waals surface area contributed by atoms with Crippen LogP contribution < -0.4 is 5.73 Å². The van der Waals surface area contributed by atoms with Gasteiger partial charge in [-0.2, -0.15) is 13.2 Å². The lowest BCUT2D eigenvalue weighted by Gasteiger charge is -2.16. The molecule has 20 heavy (non-hydrogen) atoms. The van der Waals surface area contributed by atoms with E-state index in [0.29, 0.717) is 5.56 Å². The van der Waals surface area contributed by atoms with Crippen molar-refractivity contribution in [3.63, 3.8) is 0 Å². The molecule has 2 rings (SSSR count). The van der Waals surface area contributed by atoms with Crippen LogP contribution in [-0.2, 0) is 6.18 Å². The molecular formula is C15H15F3N2. The van der Waals surface area contributed by atoms with E-state index < -0.39 is 17.8 Å². The number of alkyl halides is 3. The van der Waals surface area contributed by atoms with E-state index in [1.165, 1.54) is 12.1 Å². The molecule has 0 aliphatic heterocycles. The standard InChI is InChI=1S/C15H15F3N2/c1-9-3-8-13(10(2)20-9)14(19)11-4-6-12(7-5-11)15(16,17)18/h3-8,14H,19H2,1-2H3. The Bertz CT molecular complexity index is 604.